The zero-order valence-corrected chi connectivity index (χ0v) is 26.3. The average molecular weight is 629 g/mol. The van der Waals surface area contributed by atoms with Gasteiger partial charge in [0.1, 0.15) is 17.2 Å². The predicted molar refractivity (Wildman–Crippen MR) is 165 cm³/mol. The van der Waals surface area contributed by atoms with Gasteiger partial charge >= 0.3 is 5.97 Å². The Labute approximate surface area is 258 Å². The molecule has 0 radical (unpaired) electrons. The van der Waals surface area contributed by atoms with Crippen molar-refractivity contribution in [2.24, 2.45) is 0 Å². The highest BCUT2D eigenvalue weighted by Crippen LogP contribution is 2.29. The van der Waals surface area contributed by atoms with Gasteiger partial charge in [0, 0.05) is 6.07 Å². The summed E-state index contributed by atoms with van der Waals surface area (Å²) in [5.41, 5.74) is -0.769. The number of carbonyl (C=O) groups excluding carboxylic acids is 1. The molecule has 0 aliphatic carbocycles. The molecule has 12 heteroatoms. The number of nitrogens with one attached hydrogen (secondary N) is 2. The molecule has 238 valence electrons. The SMILES string of the molecule is COc1cccc(Oc2ccccc2C(=O)NC(C)(COCCO)C(CC(=O)O)NS(=O)(=O)c2ccc(C(C)(C)C)cc2)c1. The third kappa shape index (κ3) is 9.26. The highest BCUT2D eigenvalue weighted by atomic mass is 32.2. The summed E-state index contributed by atoms with van der Waals surface area (Å²) in [6, 6.07) is 18.2. The van der Waals surface area contributed by atoms with Crippen LogP contribution in [0.4, 0.5) is 0 Å². The summed E-state index contributed by atoms with van der Waals surface area (Å²) in [4.78, 5) is 25.6. The van der Waals surface area contributed by atoms with E-state index in [-0.39, 0.29) is 41.4 Å². The van der Waals surface area contributed by atoms with Crippen LogP contribution in [0.1, 0.15) is 50.0 Å². The molecule has 0 aliphatic rings. The predicted octanol–water partition coefficient (Wildman–Crippen LogP) is 4.10. The van der Waals surface area contributed by atoms with E-state index in [1.807, 2.05) is 20.8 Å². The molecule has 2 atom stereocenters. The van der Waals surface area contributed by atoms with Gasteiger partial charge in [0.15, 0.2) is 0 Å². The molecule has 3 rings (SSSR count). The summed E-state index contributed by atoms with van der Waals surface area (Å²) in [6.45, 7) is 6.70. The largest absolute Gasteiger partial charge is 0.497 e. The number of aliphatic hydroxyl groups is 1. The van der Waals surface area contributed by atoms with E-state index in [1.165, 1.54) is 32.2 Å². The quantitative estimate of drug-likeness (QED) is 0.182. The van der Waals surface area contributed by atoms with Gasteiger partial charge < -0.3 is 29.7 Å². The highest BCUT2D eigenvalue weighted by Gasteiger charge is 2.41. The molecule has 0 bridgehead atoms. The molecule has 0 aliphatic heterocycles. The Kier molecular flexibility index (Phi) is 11.5. The minimum absolute atomic E-state index is 0.0668. The second-order valence-corrected chi connectivity index (χ2v) is 13.2. The number of amides is 1. The summed E-state index contributed by atoms with van der Waals surface area (Å²) >= 11 is 0. The van der Waals surface area contributed by atoms with E-state index in [0.717, 1.165) is 5.56 Å². The fourth-order valence-corrected chi connectivity index (χ4v) is 5.74. The van der Waals surface area contributed by atoms with Crippen molar-refractivity contribution in [3.8, 4) is 17.2 Å². The van der Waals surface area contributed by atoms with Crippen molar-refractivity contribution < 1.29 is 42.4 Å². The normalized spacial score (nSPS) is 13.9. The molecule has 0 saturated carbocycles. The molecule has 0 fully saturated rings. The van der Waals surface area contributed by atoms with Crippen LogP contribution in [0.25, 0.3) is 0 Å². The monoisotopic (exact) mass is 628 g/mol. The van der Waals surface area contributed by atoms with Crippen LogP contribution in [-0.4, -0.2) is 69.0 Å². The van der Waals surface area contributed by atoms with Crippen LogP contribution in [0, 0.1) is 0 Å². The molecule has 0 heterocycles. The maximum absolute atomic E-state index is 13.7. The number of ether oxygens (including phenoxy) is 3. The Hall–Kier alpha value is -3.97. The van der Waals surface area contributed by atoms with Crippen molar-refractivity contribution in [1.29, 1.82) is 0 Å². The second kappa shape index (κ2) is 14.7. The fourth-order valence-electron chi connectivity index (χ4n) is 4.40. The van der Waals surface area contributed by atoms with Crippen LogP contribution >= 0.6 is 0 Å². The van der Waals surface area contributed by atoms with Crippen LogP contribution in [-0.2, 0) is 25.0 Å². The Morgan fingerprint density at radius 1 is 0.932 bits per heavy atom. The van der Waals surface area contributed by atoms with E-state index in [9.17, 15) is 28.2 Å². The topological polar surface area (TPSA) is 160 Å². The lowest BCUT2D eigenvalue weighted by molar-refractivity contribution is -0.138. The number of carboxylic acids is 1. The standard InChI is InChI=1S/C32H40N2O9S/c1-31(2,3)22-13-15-25(16-14-22)44(39,40)34-28(20-29(36)37)32(4,21-42-18-17-35)33-30(38)26-11-6-7-12-27(26)43-24-10-8-9-23(19-24)41-5/h6-16,19,28,34-35H,17-18,20-21H2,1-5H3,(H,33,38)(H,36,37). The first kappa shape index (κ1) is 34.5. The number of methoxy groups -OCH3 is 1. The minimum atomic E-state index is -4.24. The highest BCUT2D eigenvalue weighted by molar-refractivity contribution is 7.89. The number of benzene rings is 3. The lowest BCUT2D eigenvalue weighted by Gasteiger charge is -2.38. The van der Waals surface area contributed by atoms with E-state index < -0.39 is 39.9 Å². The number of rotatable bonds is 15. The first-order chi connectivity index (χ1) is 20.7. The third-order valence-electron chi connectivity index (χ3n) is 6.91. The molecule has 4 N–H and O–H groups in total. The molecule has 11 nitrogen and oxygen atoms in total. The third-order valence-corrected chi connectivity index (χ3v) is 8.40. The Morgan fingerprint density at radius 2 is 1.59 bits per heavy atom. The molecule has 0 saturated heterocycles. The molecule has 44 heavy (non-hydrogen) atoms. The van der Waals surface area contributed by atoms with Gasteiger partial charge in [-0.1, -0.05) is 51.1 Å². The first-order valence-corrected chi connectivity index (χ1v) is 15.4. The number of hydrogen-bond acceptors (Lipinski definition) is 8. The summed E-state index contributed by atoms with van der Waals surface area (Å²) < 4.78 is 46.2. The number of carbonyl (C=O) groups is 2. The van der Waals surface area contributed by atoms with Gasteiger partial charge in [-0.25, -0.2) is 13.1 Å². The number of aliphatic hydroxyl groups excluding tert-OH is 1. The van der Waals surface area contributed by atoms with Crippen LogP contribution in [0.3, 0.4) is 0 Å². The number of hydrogen-bond donors (Lipinski definition) is 4. The van der Waals surface area contributed by atoms with Crippen LogP contribution in [0.5, 0.6) is 17.2 Å². The average Bonchev–Trinajstić information content (AvgIpc) is 2.96. The minimum Gasteiger partial charge on any atom is -0.497 e. The lowest BCUT2D eigenvalue weighted by atomic mass is 9.87. The molecule has 2 unspecified atom stereocenters. The molecule has 0 spiro atoms. The summed E-state index contributed by atoms with van der Waals surface area (Å²) in [6.07, 6.45) is -0.680. The molecule has 0 aromatic heterocycles. The number of carboxylic acid groups (broad SMARTS) is 1. The van der Waals surface area contributed by atoms with Gasteiger partial charge in [-0.15, -0.1) is 0 Å². The number of aliphatic carboxylic acids is 1. The molecule has 1 amide bonds. The van der Waals surface area contributed by atoms with Crippen molar-refractivity contribution in [2.45, 2.75) is 56.0 Å². The smallest absolute Gasteiger partial charge is 0.305 e. The van der Waals surface area contributed by atoms with Gasteiger partial charge in [0.25, 0.3) is 5.91 Å². The Balaban J connectivity index is 1.96. The van der Waals surface area contributed by atoms with Crippen LogP contribution < -0.4 is 19.5 Å². The van der Waals surface area contributed by atoms with Crippen molar-refractivity contribution >= 4 is 21.9 Å². The molecule has 3 aromatic carbocycles. The van der Waals surface area contributed by atoms with Gasteiger partial charge in [-0.3, -0.25) is 9.59 Å². The first-order valence-electron chi connectivity index (χ1n) is 14.0. The number of sulfonamides is 1. The van der Waals surface area contributed by atoms with E-state index in [4.69, 9.17) is 14.2 Å². The van der Waals surface area contributed by atoms with Crippen molar-refractivity contribution in [2.75, 3.05) is 26.9 Å². The zero-order valence-electron chi connectivity index (χ0n) is 25.5. The summed E-state index contributed by atoms with van der Waals surface area (Å²) in [5.74, 6) is -0.804. The maximum Gasteiger partial charge on any atom is 0.305 e. The van der Waals surface area contributed by atoms with Crippen molar-refractivity contribution in [1.82, 2.24) is 10.0 Å². The summed E-state index contributed by atoms with van der Waals surface area (Å²) in [5, 5.41) is 21.8. The molecular formula is C32H40N2O9S. The van der Waals surface area contributed by atoms with Crippen molar-refractivity contribution in [3.63, 3.8) is 0 Å². The van der Waals surface area contributed by atoms with E-state index >= 15 is 0 Å². The summed E-state index contributed by atoms with van der Waals surface area (Å²) in [7, 11) is -2.73. The van der Waals surface area contributed by atoms with Crippen LogP contribution in [0.2, 0.25) is 0 Å². The fraction of sp³-hybridized carbons (Fsp3) is 0.375. The van der Waals surface area contributed by atoms with E-state index in [0.29, 0.717) is 11.5 Å². The van der Waals surface area contributed by atoms with Gasteiger partial charge in [0.05, 0.1) is 55.4 Å². The Morgan fingerprint density at radius 3 is 2.20 bits per heavy atom. The van der Waals surface area contributed by atoms with Crippen LogP contribution in [0.15, 0.2) is 77.7 Å². The maximum atomic E-state index is 13.7. The number of para-hydroxylation sites is 1. The van der Waals surface area contributed by atoms with E-state index in [1.54, 1.807) is 54.6 Å². The lowest BCUT2D eigenvalue weighted by Crippen LogP contribution is -2.63. The van der Waals surface area contributed by atoms with Gasteiger partial charge in [-0.2, -0.15) is 0 Å². The second-order valence-electron chi connectivity index (χ2n) is 11.5. The molecular weight excluding hydrogens is 588 g/mol. The zero-order chi connectivity index (χ0) is 32.5. The van der Waals surface area contributed by atoms with Crippen molar-refractivity contribution in [3.05, 3.63) is 83.9 Å². The van der Waals surface area contributed by atoms with Gasteiger partial charge in [-0.05, 0) is 54.3 Å². The molecule has 3 aromatic rings. The Bertz CT molecular complexity index is 1540. The van der Waals surface area contributed by atoms with Gasteiger partial charge in [0.2, 0.25) is 10.0 Å². The van der Waals surface area contributed by atoms with E-state index in [2.05, 4.69) is 10.0 Å².